The third-order valence-corrected chi connectivity index (χ3v) is 1.96. The number of carboxylic acids is 1. The van der Waals surface area contributed by atoms with Crippen molar-refractivity contribution in [3.05, 3.63) is 18.5 Å². The van der Waals surface area contributed by atoms with E-state index in [1.54, 1.807) is 18.5 Å². The van der Waals surface area contributed by atoms with Gasteiger partial charge in [-0.15, -0.1) is 0 Å². The second-order valence-corrected chi connectivity index (χ2v) is 3.14. The maximum atomic E-state index is 10.2. The van der Waals surface area contributed by atoms with Gasteiger partial charge in [0.1, 0.15) is 11.0 Å². The summed E-state index contributed by atoms with van der Waals surface area (Å²) < 4.78 is 0. The summed E-state index contributed by atoms with van der Waals surface area (Å²) in [7, 11) is 0. The molecule has 0 spiro atoms. The fourth-order valence-electron chi connectivity index (χ4n) is 1.28. The first-order valence-electron chi connectivity index (χ1n) is 4.60. The van der Waals surface area contributed by atoms with E-state index in [9.17, 15) is 9.90 Å². The van der Waals surface area contributed by atoms with E-state index >= 15 is 0 Å². The van der Waals surface area contributed by atoms with E-state index in [1.807, 2.05) is 0 Å². The first-order valence-corrected chi connectivity index (χ1v) is 4.60. The number of pyridine rings is 1. The Morgan fingerprint density at radius 2 is 2.12 bits per heavy atom. The summed E-state index contributed by atoms with van der Waals surface area (Å²) >= 11 is 0. The predicted molar refractivity (Wildman–Crippen MR) is 49.6 cm³/mol. The molecule has 6 nitrogen and oxygen atoms in total. The molecule has 2 aromatic rings. The molecule has 0 aromatic carbocycles. The van der Waals surface area contributed by atoms with Gasteiger partial charge in [0.2, 0.25) is 0 Å². The maximum Gasteiger partial charge on any atom is 1.00 e. The molecule has 0 saturated heterocycles. The number of nitrogens with zero attached hydrogens (tertiary/aromatic N) is 4. The first-order chi connectivity index (χ1) is 7.25. The van der Waals surface area contributed by atoms with Gasteiger partial charge in [0.25, 0.3) is 0 Å². The summed E-state index contributed by atoms with van der Waals surface area (Å²) in [4.78, 5) is 15.6. The Morgan fingerprint density at radius 3 is 2.81 bits per heavy atom. The van der Waals surface area contributed by atoms with E-state index in [-0.39, 0.29) is 36.0 Å². The standard InChI is InChI=1S/C9H10N4O2.Na/c14-9(15)2-1-5-13-11-7-3-4-10-6-8(7)12-13;/h3-4,6H,1-2,5H2,(H,14,15);/q;+1/p-1. The molecule has 2 rings (SSSR count). The molecule has 78 valence electrons. The minimum Gasteiger partial charge on any atom is -0.550 e. The second kappa shape index (κ2) is 5.93. The van der Waals surface area contributed by atoms with Crippen molar-refractivity contribution in [2.45, 2.75) is 19.4 Å². The normalized spacial score (nSPS) is 10.0. The molecule has 0 aliphatic heterocycles. The molecule has 0 radical (unpaired) electrons. The quantitative estimate of drug-likeness (QED) is 0.504. The van der Waals surface area contributed by atoms with Crippen LogP contribution in [-0.2, 0) is 11.3 Å². The molecule has 0 aliphatic rings. The number of fused-ring (bicyclic) bond motifs is 1. The van der Waals surface area contributed by atoms with Crippen LogP contribution in [0, 0.1) is 0 Å². The van der Waals surface area contributed by atoms with Crippen molar-refractivity contribution in [1.29, 1.82) is 0 Å². The van der Waals surface area contributed by atoms with E-state index in [0.717, 1.165) is 5.52 Å². The number of aromatic nitrogens is 4. The molecule has 0 amide bonds. The Kier molecular flexibility index (Phi) is 4.85. The molecular weight excluding hydrogens is 219 g/mol. The molecule has 0 atom stereocenters. The summed E-state index contributed by atoms with van der Waals surface area (Å²) in [5, 5.41) is 18.5. The first kappa shape index (κ1) is 13.1. The fraction of sp³-hybridized carbons (Fsp3) is 0.333. The van der Waals surface area contributed by atoms with E-state index in [1.165, 1.54) is 4.80 Å². The summed E-state index contributed by atoms with van der Waals surface area (Å²) in [6.07, 6.45) is 3.76. The minimum absolute atomic E-state index is 0. The van der Waals surface area contributed by atoms with Gasteiger partial charge in [0.05, 0.1) is 12.7 Å². The summed E-state index contributed by atoms with van der Waals surface area (Å²) in [6, 6.07) is 1.76. The molecular formula is C9H9N4NaO2. The number of hydrogen-bond acceptors (Lipinski definition) is 5. The Bertz CT molecular complexity index is 452. The number of carboxylic acid groups (broad SMARTS) is 1. The molecule has 16 heavy (non-hydrogen) atoms. The summed E-state index contributed by atoms with van der Waals surface area (Å²) in [6.45, 7) is 0.475. The Hall–Kier alpha value is -0.980. The Morgan fingerprint density at radius 1 is 1.38 bits per heavy atom. The molecule has 0 bridgehead atoms. The van der Waals surface area contributed by atoms with Gasteiger partial charge in [-0.1, -0.05) is 0 Å². The Labute approximate surface area is 114 Å². The van der Waals surface area contributed by atoms with Gasteiger partial charge in [0.15, 0.2) is 0 Å². The van der Waals surface area contributed by atoms with Gasteiger partial charge in [-0.05, 0) is 18.9 Å². The van der Waals surface area contributed by atoms with Crippen molar-refractivity contribution >= 4 is 17.0 Å². The van der Waals surface area contributed by atoms with Crippen LogP contribution in [0.25, 0.3) is 11.0 Å². The molecule has 0 fully saturated rings. The van der Waals surface area contributed by atoms with Crippen LogP contribution in [0.4, 0.5) is 0 Å². The Balaban J connectivity index is 0.00000128. The fourth-order valence-corrected chi connectivity index (χ4v) is 1.28. The zero-order valence-corrected chi connectivity index (χ0v) is 11.0. The van der Waals surface area contributed by atoms with Crippen molar-refractivity contribution in [2.75, 3.05) is 0 Å². The van der Waals surface area contributed by atoms with Crippen molar-refractivity contribution < 1.29 is 39.5 Å². The van der Waals surface area contributed by atoms with Crippen molar-refractivity contribution in [1.82, 2.24) is 20.0 Å². The number of carbonyl (C=O) groups excluding carboxylic acids is 1. The molecule has 2 aromatic heterocycles. The molecule has 7 heteroatoms. The third-order valence-electron chi connectivity index (χ3n) is 1.96. The third kappa shape index (κ3) is 3.26. The number of hydrogen-bond donors (Lipinski definition) is 0. The number of carbonyl (C=O) groups is 1. The zero-order chi connectivity index (χ0) is 10.7. The van der Waals surface area contributed by atoms with Crippen molar-refractivity contribution in [3.8, 4) is 0 Å². The SMILES string of the molecule is O=C([O-])CCCn1nc2ccncc2n1.[Na+]. The number of aryl methyl sites for hydroxylation is 1. The summed E-state index contributed by atoms with van der Waals surface area (Å²) in [5.41, 5.74) is 1.48. The van der Waals surface area contributed by atoms with Crippen LogP contribution in [0.2, 0.25) is 0 Å². The average molecular weight is 228 g/mol. The topological polar surface area (TPSA) is 83.7 Å². The van der Waals surface area contributed by atoms with Crippen molar-refractivity contribution in [2.24, 2.45) is 0 Å². The predicted octanol–water partition coefficient (Wildman–Crippen LogP) is -3.64. The van der Waals surface area contributed by atoms with Crippen LogP contribution in [-0.4, -0.2) is 25.9 Å². The molecule has 0 unspecified atom stereocenters. The van der Waals surface area contributed by atoms with Crippen LogP contribution in [0.3, 0.4) is 0 Å². The van der Waals surface area contributed by atoms with Gasteiger partial charge in [-0.2, -0.15) is 15.0 Å². The van der Waals surface area contributed by atoms with Gasteiger partial charge < -0.3 is 9.90 Å². The van der Waals surface area contributed by atoms with Crippen LogP contribution in [0.15, 0.2) is 18.5 Å². The van der Waals surface area contributed by atoms with Crippen LogP contribution < -0.4 is 34.7 Å². The second-order valence-electron chi connectivity index (χ2n) is 3.14. The largest absolute Gasteiger partial charge is 1.00 e. The molecule has 2 heterocycles. The van der Waals surface area contributed by atoms with Crippen molar-refractivity contribution in [3.63, 3.8) is 0 Å². The van der Waals surface area contributed by atoms with Gasteiger partial charge in [-0.25, -0.2) is 0 Å². The summed E-state index contributed by atoms with van der Waals surface area (Å²) in [5.74, 6) is -1.05. The average Bonchev–Trinajstić information content (AvgIpc) is 2.59. The van der Waals surface area contributed by atoms with Gasteiger partial charge in [-0.3, -0.25) is 4.98 Å². The van der Waals surface area contributed by atoms with Crippen LogP contribution >= 0.6 is 0 Å². The molecule has 0 aliphatic carbocycles. The van der Waals surface area contributed by atoms with E-state index < -0.39 is 5.97 Å². The van der Waals surface area contributed by atoms with E-state index in [2.05, 4.69) is 15.2 Å². The van der Waals surface area contributed by atoms with Crippen LogP contribution in [0.5, 0.6) is 0 Å². The number of rotatable bonds is 4. The molecule has 0 saturated carbocycles. The van der Waals surface area contributed by atoms with Crippen LogP contribution in [0.1, 0.15) is 12.8 Å². The van der Waals surface area contributed by atoms with E-state index in [4.69, 9.17) is 0 Å². The van der Waals surface area contributed by atoms with E-state index in [0.29, 0.717) is 18.5 Å². The monoisotopic (exact) mass is 228 g/mol. The smallest absolute Gasteiger partial charge is 0.550 e. The maximum absolute atomic E-state index is 10.2. The number of aliphatic carboxylic acids is 1. The molecule has 0 N–H and O–H groups in total. The zero-order valence-electron chi connectivity index (χ0n) is 8.96. The minimum atomic E-state index is -1.05. The van der Waals surface area contributed by atoms with Gasteiger partial charge in [0, 0.05) is 12.2 Å². The van der Waals surface area contributed by atoms with Gasteiger partial charge >= 0.3 is 29.6 Å².